The number of nitrogens with one attached hydrogen (secondary N) is 1. The van der Waals surface area contributed by atoms with Gasteiger partial charge in [-0.15, -0.1) is 11.3 Å². The molecule has 5 aromatic rings. The summed E-state index contributed by atoms with van der Waals surface area (Å²) in [5.41, 5.74) is 3.76. The van der Waals surface area contributed by atoms with Gasteiger partial charge in [-0.1, -0.05) is 36.4 Å². The zero-order valence-electron chi connectivity index (χ0n) is 19.0. The average molecular weight is 471 g/mol. The van der Waals surface area contributed by atoms with E-state index in [1.165, 1.54) is 15.9 Å². The molecular weight excluding hydrogens is 448 g/mol. The fraction of sp³-hybridized carbons (Fsp3) is 0.154. The maximum Gasteiger partial charge on any atom is 0.272 e. The molecule has 0 bridgehead atoms. The van der Waals surface area contributed by atoms with E-state index in [9.17, 15) is 9.59 Å². The molecule has 170 valence electrons. The molecule has 1 N–H and O–H groups in total. The molecule has 3 heterocycles. The number of carbonyl (C=O) groups excluding carboxylic acids is 1. The molecule has 0 aliphatic heterocycles. The van der Waals surface area contributed by atoms with Crippen molar-refractivity contribution in [2.75, 3.05) is 12.4 Å². The van der Waals surface area contributed by atoms with Gasteiger partial charge in [0.05, 0.1) is 24.0 Å². The summed E-state index contributed by atoms with van der Waals surface area (Å²) in [6.07, 6.45) is 0. The fourth-order valence-corrected chi connectivity index (χ4v) is 4.98. The van der Waals surface area contributed by atoms with Gasteiger partial charge in [0.25, 0.3) is 5.56 Å². The Kier molecular flexibility index (Phi) is 5.59. The molecule has 0 radical (unpaired) electrons. The number of pyridine rings is 1. The molecule has 0 aliphatic carbocycles. The first-order chi connectivity index (χ1) is 16.4. The van der Waals surface area contributed by atoms with Crippen LogP contribution in [0.15, 0.2) is 65.5 Å². The lowest BCUT2D eigenvalue weighted by Crippen LogP contribution is -2.29. The number of anilines is 1. The van der Waals surface area contributed by atoms with Crippen LogP contribution in [0.25, 0.3) is 31.7 Å². The molecule has 0 saturated carbocycles. The van der Waals surface area contributed by atoms with Gasteiger partial charge in [0.2, 0.25) is 5.91 Å². The van der Waals surface area contributed by atoms with Gasteiger partial charge in [-0.05, 0) is 43.7 Å². The first kappa shape index (κ1) is 21.8. The van der Waals surface area contributed by atoms with Gasteiger partial charge in [-0.25, -0.2) is 9.97 Å². The van der Waals surface area contributed by atoms with E-state index >= 15 is 0 Å². The monoisotopic (exact) mass is 470 g/mol. The van der Waals surface area contributed by atoms with Crippen LogP contribution in [-0.4, -0.2) is 27.6 Å². The highest BCUT2D eigenvalue weighted by Gasteiger charge is 2.18. The second-order valence-electron chi connectivity index (χ2n) is 8.00. The largest absolute Gasteiger partial charge is 0.495 e. The molecule has 8 heteroatoms. The van der Waals surface area contributed by atoms with Crippen LogP contribution in [0.2, 0.25) is 0 Å². The van der Waals surface area contributed by atoms with Crippen LogP contribution in [0.3, 0.4) is 0 Å². The Morgan fingerprint density at radius 3 is 2.62 bits per heavy atom. The van der Waals surface area contributed by atoms with Crippen molar-refractivity contribution in [1.82, 2.24) is 14.5 Å². The van der Waals surface area contributed by atoms with E-state index in [2.05, 4.69) is 10.3 Å². The van der Waals surface area contributed by atoms with Crippen LogP contribution in [0.1, 0.15) is 11.4 Å². The average Bonchev–Trinajstić information content (AvgIpc) is 3.20. The maximum absolute atomic E-state index is 13.3. The lowest BCUT2D eigenvalue weighted by Gasteiger charge is -2.13. The molecule has 1 amide bonds. The van der Waals surface area contributed by atoms with Crippen LogP contribution >= 0.6 is 11.3 Å². The number of benzene rings is 2. The molecule has 0 saturated heterocycles. The Morgan fingerprint density at radius 1 is 1.06 bits per heavy atom. The predicted molar refractivity (Wildman–Crippen MR) is 136 cm³/mol. The number of rotatable bonds is 5. The van der Waals surface area contributed by atoms with Crippen molar-refractivity contribution in [2.24, 2.45) is 0 Å². The first-order valence-corrected chi connectivity index (χ1v) is 11.6. The number of hydrogen-bond donors (Lipinski definition) is 1. The highest BCUT2D eigenvalue weighted by molar-refractivity contribution is 7.25. The van der Waals surface area contributed by atoms with Crippen LogP contribution in [-0.2, 0) is 11.3 Å². The number of ether oxygens (including phenoxy) is 1. The summed E-state index contributed by atoms with van der Waals surface area (Å²) in [5.74, 6) is 0.693. The van der Waals surface area contributed by atoms with E-state index in [1.807, 2.05) is 61.5 Å². The van der Waals surface area contributed by atoms with Crippen molar-refractivity contribution >= 4 is 43.4 Å². The molecule has 0 unspecified atom stereocenters. The fourth-order valence-electron chi connectivity index (χ4n) is 3.92. The van der Waals surface area contributed by atoms with Gasteiger partial charge >= 0.3 is 0 Å². The lowest BCUT2D eigenvalue weighted by atomic mass is 10.1. The summed E-state index contributed by atoms with van der Waals surface area (Å²) in [4.78, 5) is 36.3. The minimum absolute atomic E-state index is 0.151. The van der Waals surface area contributed by atoms with Gasteiger partial charge < -0.3 is 10.1 Å². The van der Waals surface area contributed by atoms with Crippen molar-refractivity contribution in [1.29, 1.82) is 0 Å². The summed E-state index contributed by atoms with van der Waals surface area (Å²) in [6, 6.07) is 19.3. The maximum atomic E-state index is 13.3. The normalized spacial score (nSPS) is 11.1. The number of amides is 1. The van der Waals surface area contributed by atoms with Gasteiger partial charge in [0.1, 0.15) is 27.6 Å². The highest BCUT2D eigenvalue weighted by Crippen LogP contribution is 2.31. The van der Waals surface area contributed by atoms with E-state index in [0.717, 1.165) is 27.0 Å². The van der Waals surface area contributed by atoms with E-state index in [4.69, 9.17) is 9.72 Å². The van der Waals surface area contributed by atoms with E-state index < -0.39 is 0 Å². The summed E-state index contributed by atoms with van der Waals surface area (Å²) >= 11 is 1.30. The van der Waals surface area contributed by atoms with Crippen molar-refractivity contribution in [2.45, 2.75) is 20.4 Å². The molecule has 3 aromatic heterocycles. The minimum atomic E-state index is -0.333. The number of carbonyl (C=O) groups is 1. The molecule has 2 aromatic carbocycles. The zero-order valence-corrected chi connectivity index (χ0v) is 19.8. The highest BCUT2D eigenvalue weighted by atomic mass is 32.1. The van der Waals surface area contributed by atoms with Crippen molar-refractivity contribution in [3.8, 4) is 17.0 Å². The Balaban J connectivity index is 1.51. The number of aryl methyl sites for hydroxylation is 2. The topological polar surface area (TPSA) is 86.1 Å². The predicted octanol–water partition coefficient (Wildman–Crippen LogP) is 4.94. The molecule has 5 rings (SSSR count). The number of methoxy groups -OCH3 is 1. The van der Waals surface area contributed by atoms with Gasteiger partial charge in [0.15, 0.2) is 0 Å². The SMILES string of the molecule is COc1ccc(C)cc1NC(=O)Cn1c(C)nc2c(sc3nc(-c4ccccc4)ccc32)c1=O. The number of hydrogen-bond acceptors (Lipinski definition) is 6. The number of aromatic nitrogens is 3. The smallest absolute Gasteiger partial charge is 0.272 e. The van der Waals surface area contributed by atoms with Gasteiger partial charge in [-0.3, -0.25) is 14.2 Å². The van der Waals surface area contributed by atoms with Gasteiger partial charge in [-0.2, -0.15) is 0 Å². The van der Waals surface area contributed by atoms with Crippen molar-refractivity contribution in [3.63, 3.8) is 0 Å². The second-order valence-corrected chi connectivity index (χ2v) is 9.00. The zero-order chi connectivity index (χ0) is 23.8. The second kappa shape index (κ2) is 8.72. The van der Waals surface area contributed by atoms with Crippen molar-refractivity contribution < 1.29 is 9.53 Å². The summed E-state index contributed by atoms with van der Waals surface area (Å²) in [5, 5.41) is 3.68. The lowest BCUT2D eigenvalue weighted by molar-refractivity contribution is -0.116. The molecule has 7 nitrogen and oxygen atoms in total. The summed E-state index contributed by atoms with van der Waals surface area (Å²) < 4.78 is 7.21. The van der Waals surface area contributed by atoms with E-state index in [1.54, 1.807) is 20.1 Å². The molecule has 0 atom stereocenters. The molecule has 34 heavy (non-hydrogen) atoms. The third kappa shape index (κ3) is 3.92. The quantitative estimate of drug-likeness (QED) is 0.393. The molecule has 0 spiro atoms. The molecule has 0 aliphatic rings. The standard InChI is InChI=1S/C26H22N4O3S/c1-15-9-12-21(33-3)20(13-15)28-22(31)14-30-16(2)27-23-18-10-11-19(17-7-5-4-6-8-17)29-25(18)34-24(23)26(30)32/h4-13H,14H2,1-3H3,(H,28,31). The van der Waals surface area contributed by atoms with E-state index in [0.29, 0.717) is 27.5 Å². The Bertz CT molecular complexity index is 1610. The summed E-state index contributed by atoms with van der Waals surface area (Å²) in [7, 11) is 1.55. The Morgan fingerprint density at radius 2 is 1.85 bits per heavy atom. The summed E-state index contributed by atoms with van der Waals surface area (Å²) in [6.45, 7) is 3.51. The minimum Gasteiger partial charge on any atom is -0.495 e. The Hall–Kier alpha value is -4.04. The first-order valence-electron chi connectivity index (χ1n) is 10.7. The number of fused-ring (bicyclic) bond motifs is 3. The van der Waals surface area contributed by atoms with Crippen molar-refractivity contribution in [3.05, 3.63) is 82.4 Å². The van der Waals surface area contributed by atoms with Crippen LogP contribution in [0, 0.1) is 13.8 Å². The number of nitrogens with zero attached hydrogens (tertiary/aromatic N) is 3. The van der Waals surface area contributed by atoms with Crippen LogP contribution < -0.4 is 15.6 Å². The van der Waals surface area contributed by atoms with Crippen LogP contribution in [0.4, 0.5) is 5.69 Å². The van der Waals surface area contributed by atoms with Crippen LogP contribution in [0.5, 0.6) is 5.75 Å². The third-order valence-electron chi connectivity index (χ3n) is 5.63. The van der Waals surface area contributed by atoms with E-state index in [-0.39, 0.29) is 18.0 Å². The number of thiophene rings is 1. The molecule has 0 fully saturated rings. The Labute approximate surface area is 199 Å². The third-order valence-corrected chi connectivity index (χ3v) is 6.71. The molecular formula is C26H22N4O3S. The van der Waals surface area contributed by atoms with Gasteiger partial charge in [0, 0.05) is 10.9 Å².